The first-order valence-electron chi connectivity index (χ1n) is 6.68. The molecule has 0 bridgehead atoms. The highest BCUT2D eigenvalue weighted by atomic mass is 79.9. The molecule has 1 aromatic heterocycles. The molecule has 1 heterocycles. The molecule has 21 heavy (non-hydrogen) atoms. The molecule has 0 saturated carbocycles. The SMILES string of the molecule is CCc1nnc(NC(=O)CCCOc2ccc(Br)cc2)s1. The second-order valence-electron chi connectivity index (χ2n) is 4.31. The van der Waals surface area contributed by atoms with Crippen LogP contribution in [0.3, 0.4) is 0 Å². The van der Waals surface area contributed by atoms with Gasteiger partial charge in [-0.3, -0.25) is 4.79 Å². The Morgan fingerprint density at radius 3 is 2.76 bits per heavy atom. The van der Waals surface area contributed by atoms with E-state index < -0.39 is 0 Å². The molecule has 0 saturated heterocycles. The van der Waals surface area contributed by atoms with Crippen molar-refractivity contribution in [3.8, 4) is 5.75 Å². The molecule has 0 aliphatic carbocycles. The molecule has 0 fully saturated rings. The number of aromatic nitrogens is 2. The Hall–Kier alpha value is -1.47. The predicted molar refractivity (Wildman–Crippen MR) is 86.8 cm³/mol. The molecule has 5 nitrogen and oxygen atoms in total. The van der Waals surface area contributed by atoms with Gasteiger partial charge in [0.1, 0.15) is 10.8 Å². The Morgan fingerprint density at radius 1 is 1.33 bits per heavy atom. The van der Waals surface area contributed by atoms with E-state index in [0.717, 1.165) is 21.7 Å². The van der Waals surface area contributed by atoms with Crippen LogP contribution in [0.2, 0.25) is 0 Å². The van der Waals surface area contributed by atoms with Gasteiger partial charge in [0.15, 0.2) is 0 Å². The van der Waals surface area contributed by atoms with E-state index in [2.05, 4.69) is 31.4 Å². The van der Waals surface area contributed by atoms with Crippen molar-refractivity contribution in [3.05, 3.63) is 33.7 Å². The van der Waals surface area contributed by atoms with E-state index in [1.54, 1.807) is 0 Å². The fourth-order valence-electron chi connectivity index (χ4n) is 1.58. The van der Waals surface area contributed by atoms with Crippen LogP contribution in [-0.2, 0) is 11.2 Å². The summed E-state index contributed by atoms with van der Waals surface area (Å²) < 4.78 is 6.57. The van der Waals surface area contributed by atoms with Crippen LogP contribution in [0.15, 0.2) is 28.7 Å². The number of aryl methyl sites for hydroxylation is 1. The zero-order valence-corrected chi connectivity index (χ0v) is 14.0. The molecule has 0 aliphatic rings. The summed E-state index contributed by atoms with van der Waals surface area (Å²) in [4.78, 5) is 11.7. The second kappa shape index (κ2) is 8.09. The average Bonchev–Trinajstić information content (AvgIpc) is 2.93. The third-order valence-corrected chi connectivity index (χ3v) is 4.16. The molecule has 0 unspecified atom stereocenters. The summed E-state index contributed by atoms with van der Waals surface area (Å²) in [6.07, 6.45) is 1.88. The fraction of sp³-hybridized carbons (Fsp3) is 0.357. The molecule has 0 atom stereocenters. The van der Waals surface area contributed by atoms with E-state index in [1.807, 2.05) is 31.2 Å². The number of amides is 1. The van der Waals surface area contributed by atoms with Gasteiger partial charge in [-0.1, -0.05) is 34.2 Å². The second-order valence-corrected chi connectivity index (χ2v) is 6.29. The summed E-state index contributed by atoms with van der Waals surface area (Å²) in [7, 11) is 0. The first-order chi connectivity index (χ1) is 10.2. The molecule has 0 spiro atoms. The average molecular weight is 370 g/mol. The van der Waals surface area contributed by atoms with Crippen LogP contribution < -0.4 is 10.1 Å². The highest BCUT2D eigenvalue weighted by Crippen LogP contribution is 2.17. The molecule has 1 aromatic carbocycles. The summed E-state index contributed by atoms with van der Waals surface area (Å²) in [6.45, 7) is 2.51. The fourth-order valence-corrected chi connectivity index (χ4v) is 2.54. The summed E-state index contributed by atoms with van der Waals surface area (Å²) >= 11 is 4.77. The number of anilines is 1. The molecule has 2 aromatic rings. The third-order valence-electron chi connectivity index (χ3n) is 2.65. The Balaban J connectivity index is 1.66. The van der Waals surface area contributed by atoms with Crippen LogP contribution in [-0.4, -0.2) is 22.7 Å². The van der Waals surface area contributed by atoms with Gasteiger partial charge in [-0.25, -0.2) is 0 Å². The van der Waals surface area contributed by atoms with Gasteiger partial charge in [0, 0.05) is 10.9 Å². The number of nitrogens with one attached hydrogen (secondary N) is 1. The lowest BCUT2D eigenvalue weighted by Gasteiger charge is -2.05. The number of benzene rings is 1. The highest BCUT2D eigenvalue weighted by Gasteiger charge is 2.07. The molecule has 0 aliphatic heterocycles. The maximum Gasteiger partial charge on any atom is 0.226 e. The normalized spacial score (nSPS) is 10.4. The molecule has 7 heteroatoms. The quantitative estimate of drug-likeness (QED) is 0.756. The lowest BCUT2D eigenvalue weighted by molar-refractivity contribution is -0.116. The summed E-state index contributed by atoms with van der Waals surface area (Å²) in [6, 6.07) is 7.61. The van der Waals surface area contributed by atoms with Crippen molar-refractivity contribution in [3.63, 3.8) is 0 Å². The van der Waals surface area contributed by atoms with E-state index >= 15 is 0 Å². The maximum absolute atomic E-state index is 11.7. The van der Waals surface area contributed by atoms with Crippen molar-refractivity contribution in [2.45, 2.75) is 26.2 Å². The molecule has 0 radical (unpaired) electrons. The van der Waals surface area contributed by atoms with E-state index in [4.69, 9.17) is 4.74 Å². The monoisotopic (exact) mass is 369 g/mol. The number of ether oxygens (including phenoxy) is 1. The minimum absolute atomic E-state index is 0.0618. The van der Waals surface area contributed by atoms with Crippen LogP contribution >= 0.6 is 27.3 Å². The topological polar surface area (TPSA) is 64.1 Å². The minimum atomic E-state index is -0.0618. The first-order valence-corrected chi connectivity index (χ1v) is 8.29. The van der Waals surface area contributed by atoms with Crippen LogP contribution in [0.25, 0.3) is 0 Å². The summed E-state index contributed by atoms with van der Waals surface area (Å²) in [5.41, 5.74) is 0. The van der Waals surface area contributed by atoms with E-state index in [9.17, 15) is 4.79 Å². The third kappa shape index (κ3) is 5.43. The minimum Gasteiger partial charge on any atom is -0.494 e. The Labute approximate surface area is 135 Å². The highest BCUT2D eigenvalue weighted by molar-refractivity contribution is 9.10. The lowest BCUT2D eigenvalue weighted by Crippen LogP contribution is -2.12. The van der Waals surface area contributed by atoms with E-state index in [1.165, 1.54) is 11.3 Å². The number of carbonyl (C=O) groups excluding carboxylic acids is 1. The van der Waals surface area contributed by atoms with Gasteiger partial charge in [0.05, 0.1) is 6.61 Å². The summed E-state index contributed by atoms with van der Waals surface area (Å²) in [5.74, 6) is 0.739. The van der Waals surface area contributed by atoms with Crippen LogP contribution in [0.4, 0.5) is 5.13 Å². The van der Waals surface area contributed by atoms with Crippen LogP contribution in [0.1, 0.15) is 24.8 Å². The van der Waals surface area contributed by atoms with Crippen molar-refractivity contribution in [2.24, 2.45) is 0 Å². The maximum atomic E-state index is 11.7. The number of hydrogen-bond donors (Lipinski definition) is 1. The first kappa shape index (κ1) is 15.9. The number of nitrogens with zero attached hydrogens (tertiary/aromatic N) is 2. The zero-order valence-electron chi connectivity index (χ0n) is 11.6. The van der Waals surface area contributed by atoms with Gasteiger partial charge in [-0.15, -0.1) is 10.2 Å². The van der Waals surface area contributed by atoms with Gasteiger partial charge in [-0.2, -0.15) is 0 Å². The molecule has 112 valence electrons. The predicted octanol–water partition coefficient (Wildman–Crippen LogP) is 3.66. The van der Waals surface area contributed by atoms with Gasteiger partial charge in [0.25, 0.3) is 0 Å². The number of halogens is 1. The summed E-state index contributed by atoms with van der Waals surface area (Å²) in [5, 5.41) is 12.1. The Kier molecular flexibility index (Phi) is 6.13. The van der Waals surface area contributed by atoms with Crippen molar-refractivity contribution in [1.82, 2.24) is 10.2 Å². The number of hydrogen-bond acceptors (Lipinski definition) is 5. The Morgan fingerprint density at radius 2 is 2.10 bits per heavy atom. The number of rotatable bonds is 7. The van der Waals surface area contributed by atoms with Crippen molar-refractivity contribution >= 4 is 38.3 Å². The van der Waals surface area contributed by atoms with Crippen molar-refractivity contribution in [2.75, 3.05) is 11.9 Å². The van der Waals surface area contributed by atoms with Crippen LogP contribution in [0, 0.1) is 0 Å². The zero-order chi connectivity index (χ0) is 15.1. The van der Waals surface area contributed by atoms with Crippen LogP contribution in [0.5, 0.6) is 5.75 Å². The largest absolute Gasteiger partial charge is 0.494 e. The van der Waals surface area contributed by atoms with E-state index in [-0.39, 0.29) is 5.91 Å². The molecule has 2 rings (SSSR count). The van der Waals surface area contributed by atoms with Crippen molar-refractivity contribution < 1.29 is 9.53 Å². The van der Waals surface area contributed by atoms with Gasteiger partial charge in [0.2, 0.25) is 11.0 Å². The molecule has 1 N–H and O–H groups in total. The van der Waals surface area contributed by atoms with Crippen molar-refractivity contribution in [1.29, 1.82) is 0 Å². The molecule has 1 amide bonds. The van der Waals surface area contributed by atoms with Gasteiger partial charge >= 0.3 is 0 Å². The van der Waals surface area contributed by atoms with Gasteiger partial charge in [-0.05, 0) is 37.1 Å². The molecular formula is C14H16BrN3O2S. The van der Waals surface area contributed by atoms with Gasteiger partial charge < -0.3 is 10.1 Å². The number of carbonyl (C=O) groups is 1. The lowest BCUT2D eigenvalue weighted by atomic mass is 10.3. The Bertz CT molecular complexity index is 586. The van der Waals surface area contributed by atoms with E-state index in [0.29, 0.717) is 24.6 Å². The smallest absolute Gasteiger partial charge is 0.226 e. The standard InChI is InChI=1S/C14H16BrN3O2S/c1-2-13-17-18-14(21-13)16-12(19)4-3-9-20-11-7-5-10(15)6-8-11/h5-8H,2-4,9H2,1H3,(H,16,18,19). The molecular weight excluding hydrogens is 354 g/mol.